The Hall–Kier alpha value is -1.35. The largest absolute Gasteiger partial charge is 0.480 e. The summed E-state index contributed by atoms with van der Waals surface area (Å²) < 4.78 is 0. The van der Waals surface area contributed by atoms with E-state index in [1.807, 2.05) is 6.07 Å². The zero-order valence-electron chi connectivity index (χ0n) is 11.5. The topological polar surface area (TPSA) is 49.3 Å². The van der Waals surface area contributed by atoms with Crippen molar-refractivity contribution in [3.05, 3.63) is 35.9 Å². The Labute approximate surface area is 115 Å². The van der Waals surface area contributed by atoms with Gasteiger partial charge in [0.1, 0.15) is 6.04 Å². The number of hydrogen-bond acceptors (Lipinski definition) is 2. The lowest BCUT2D eigenvalue weighted by Crippen LogP contribution is -2.48. The van der Waals surface area contributed by atoms with Crippen LogP contribution < -0.4 is 5.32 Å². The predicted molar refractivity (Wildman–Crippen MR) is 76.3 cm³/mol. The molecule has 19 heavy (non-hydrogen) atoms. The summed E-state index contributed by atoms with van der Waals surface area (Å²) >= 11 is 0. The highest BCUT2D eigenvalue weighted by Crippen LogP contribution is 2.37. The van der Waals surface area contributed by atoms with Crippen molar-refractivity contribution in [2.45, 2.75) is 57.0 Å². The van der Waals surface area contributed by atoms with Crippen LogP contribution in [0.2, 0.25) is 0 Å². The Morgan fingerprint density at radius 2 is 2.05 bits per heavy atom. The van der Waals surface area contributed by atoms with Crippen molar-refractivity contribution >= 4 is 5.97 Å². The van der Waals surface area contributed by atoms with Crippen LogP contribution in [0.3, 0.4) is 0 Å². The van der Waals surface area contributed by atoms with Crippen molar-refractivity contribution in [3.8, 4) is 0 Å². The van der Waals surface area contributed by atoms with Gasteiger partial charge in [-0.15, -0.1) is 0 Å². The molecule has 1 aliphatic carbocycles. The Morgan fingerprint density at radius 1 is 1.37 bits per heavy atom. The van der Waals surface area contributed by atoms with Gasteiger partial charge in [0.05, 0.1) is 0 Å². The second kappa shape index (κ2) is 6.71. The van der Waals surface area contributed by atoms with E-state index < -0.39 is 5.97 Å². The molecule has 0 unspecified atom stereocenters. The third-order valence-electron chi connectivity index (χ3n) is 3.99. The number of hydrogen-bond donors (Lipinski definition) is 2. The van der Waals surface area contributed by atoms with Crippen molar-refractivity contribution in [1.82, 2.24) is 5.32 Å². The van der Waals surface area contributed by atoms with Gasteiger partial charge in [0.2, 0.25) is 0 Å². The summed E-state index contributed by atoms with van der Waals surface area (Å²) in [5.41, 5.74) is 1.38. The molecule has 1 atom stereocenters. The van der Waals surface area contributed by atoms with Gasteiger partial charge in [-0.3, -0.25) is 4.79 Å². The number of rotatable bonds is 7. The normalized spacial score (nSPS) is 23.6. The predicted octanol–water partition coefficient (Wildman–Crippen LogP) is 3.17. The molecule has 3 nitrogen and oxygen atoms in total. The molecule has 2 N–H and O–H groups in total. The van der Waals surface area contributed by atoms with E-state index in [-0.39, 0.29) is 6.04 Å². The number of aliphatic carboxylic acids is 1. The minimum atomic E-state index is -0.711. The van der Waals surface area contributed by atoms with Gasteiger partial charge in [-0.05, 0) is 30.7 Å². The first-order valence-electron chi connectivity index (χ1n) is 7.24. The van der Waals surface area contributed by atoms with Crippen LogP contribution in [0.5, 0.6) is 0 Å². The summed E-state index contributed by atoms with van der Waals surface area (Å²) in [4.78, 5) is 11.2. The second-order valence-electron chi connectivity index (χ2n) is 5.48. The molecule has 1 aromatic carbocycles. The van der Waals surface area contributed by atoms with Crippen molar-refractivity contribution in [3.63, 3.8) is 0 Å². The summed E-state index contributed by atoms with van der Waals surface area (Å²) in [5.74, 6) is -0.115. The van der Waals surface area contributed by atoms with E-state index in [0.29, 0.717) is 12.0 Å². The van der Waals surface area contributed by atoms with E-state index in [0.717, 1.165) is 32.1 Å². The molecule has 2 rings (SSSR count). The first-order valence-corrected chi connectivity index (χ1v) is 7.24. The van der Waals surface area contributed by atoms with Crippen LogP contribution in [-0.2, 0) is 4.79 Å². The lowest BCUT2D eigenvalue weighted by atomic mass is 9.75. The second-order valence-corrected chi connectivity index (χ2v) is 5.48. The third kappa shape index (κ3) is 3.80. The Balaban J connectivity index is 1.78. The van der Waals surface area contributed by atoms with Gasteiger partial charge in [-0.25, -0.2) is 0 Å². The summed E-state index contributed by atoms with van der Waals surface area (Å²) in [6.07, 6.45) is 4.86. The smallest absolute Gasteiger partial charge is 0.320 e. The van der Waals surface area contributed by atoms with Crippen molar-refractivity contribution in [2.75, 3.05) is 0 Å². The SMILES string of the molecule is CCCC[C@H](NC1CC(c2ccccc2)C1)C(=O)O. The van der Waals surface area contributed by atoms with Crippen molar-refractivity contribution < 1.29 is 9.90 Å². The quantitative estimate of drug-likeness (QED) is 0.792. The minimum Gasteiger partial charge on any atom is -0.480 e. The molecule has 0 heterocycles. The Morgan fingerprint density at radius 3 is 2.63 bits per heavy atom. The van der Waals surface area contributed by atoms with Gasteiger partial charge < -0.3 is 10.4 Å². The first kappa shape index (κ1) is 14.1. The molecule has 0 spiro atoms. The number of carboxylic acids is 1. The maximum atomic E-state index is 11.2. The molecular formula is C16H23NO2. The van der Waals surface area contributed by atoms with Gasteiger partial charge >= 0.3 is 5.97 Å². The van der Waals surface area contributed by atoms with Crippen molar-refractivity contribution in [2.24, 2.45) is 0 Å². The van der Waals surface area contributed by atoms with E-state index >= 15 is 0 Å². The van der Waals surface area contributed by atoms with Gasteiger partial charge in [0.15, 0.2) is 0 Å². The zero-order valence-corrected chi connectivity index (χ0v) is 11.5. The van der Waals surface area contributed by atoms with Crippen LogP contribution >= 0.6 is 0 Å². The van der Waals surface area contributed by atoms with Gasteiger partial charge in [-0.1, -0.05) is 50.1 Å². The lowest BCUT2D eigenvalue weighted by molar-refractivity contribution is -0.140. The molecule has 104 valence electrons. The molecule has 0 amide bonds. The molecule has 0 bridgehead atoms. The summed E-state index contributed by atoms with van der Waals surface area (Å²) in [6.45, 7) is 2.09. The molecule has 1 saturated carbocycles. The molecule has 1 aliphatic rings. The van der Waals surface area contributed by atoms with Crippen LogP contribution in [0.1, 0.15) is 50.5 Å². The highest BCUT2D eigenvalue weighted by atomic mass is 16.4. The lowest BCUT2D eigenvalue weighted by Gasteiger charge is -2.38. The maximum absolute atomic E-state index is 11.2. The van der Waals surface area contributed by atoms with Crippen LogP contribution in [0.4, 0.5) is 0 Å². The first-order chi connectivity index (χ1) is 9.20. The monoisotopic (exact) mass is 261 g/mol. The summed E-state index contributed by atoms with van der Waals surface area (Å²) in [6, 6.07) is 10.5. The van der Waals surface area contributed by atoms with E-state index in [9.17, 15) is 9.90 Å². The van der Waals surface area contributed by atoms with E-state index in [1.165, 1.54) is 5.56 Å². The van der Waals surface area contributed by atoms with Crippen molar-refractivity contribution in [1.29, 1.82) is 0 Å². The van der Waals surface area contributed by atoms with Crippen LogP contribution in [0, 0.1) is 0 Å². The van der Waals surface area contributed by atoms with Crippen LogP contribution in [-0.4, -0.2) is 23.2 Å². The highest BCUT2D eigenvalue weighted by molar-refractivity contribution is 5.73. The highest BCUT2D eigenvalue weighted by Gasteiger charge is 2.32. The molecule has 0 radical (unpaired) electrons. The maximum Gasteiger partial charge on any atom is 0.320 e. The van der Waals surface area contributed by atoms with Crippen LogP contribution in [0.25, 0.3) is 0 Å². The zero-order chi connectivity index (χ0) is 13.7. The van der Waals surface area contributed by atoms with Gasteiger partial charge in [0.25, 0.3) is 0 Å². The van der Waals surface area contributed by atoms with Gasteiger partial charge in [-0.2, -0.15) is 0 Å². The number of carboxylic acid groups (broad SMARTS) is 1. The summed E-state index contributed by atoms with van der Waals surface area (Å²) in [5, 5.41) is 12.5. The third-order valence-corrected chi connectivity index (χ3v) is 3.99. The molecule has 3 heteroatoms. The van der Waals surface area contributed by atoms with E-state index in [4.69, 9.17) is 0 Å². The molecule has 0 saturated heterocycles. The fourth-order valence-electron chi connectivity index (χ4n) is 2.72. The number of nitrogens with one attached hydrogen (secondary N) is 1. The molecule has 0 aliphatic heterocycles. The molecule has 1 aromatic rings. The average Bonchev–Trinajstić information content (AvgIpc) is 2.37. The van der Waals surface area contributed by atoms with Crippen LogP contribution in [0.15, 0.2) is 30.3 Å². The fourth-order valence-corrected chi connectivity index (χ4v) is 2.72. The average molecular weight is 261 g/mol. The standard InChI is InChI=1S/C16H23NO2/c1-2-3-9-15(16(18)19)17-14-10-13(11-14)12-7-5-4-6-8-12/h4-8,13-15,17H,2-3,9-11H2,1H3,(H,18,19)/t13?,14?,15-/m0/s1. The Bertz CT molecular complexity index is 398. The number of carbonyl (C=O) groups is 1. The molecule has 1 fully saturated rings. The molecule has 0 aromatic heterocycles. The van der Waals surface area contributed by atoms with E-state index in [1.54, 1.807) is 0 Å². The minimum absolute atomic E-state index is 0.364. The Kier molecular flexibility index (Phi) is 4.97. The van der Waals surface area contributed by atoms with E-state index in [2.05, 4.69) is 36.5 Å². The number of benzene rings is 1. The van der Waals surface area contributed by atoms with Gasteiger partial charge in [0, 0.05) is 6.04 Å². The number of unbranched alkanes of at least 4 members (excludes halogenated alkanes) is 1. The molecular weight excluding hydrogens is 238 g/mol. The summed E-state index contributed by atoms with van der Waals surface area (Å²) in [7, 11) is 0. The fraction of sp³-hybridized carbons (Fsp3) is 0.562.